The lowest BCUT2D eigenvalue weighted by Gasteiger charge is -2.09. The predicted molar refractivity (Wildman–Crippen MR) is 110 cm³/mol. The van der Waals surface area contributed by atoms with Gasteiger partial charge in [0.25, 0.3) is 0 Å². The summed E-state index contributed by atoms with van der Waals surface area (Å²) >= 11 is 0. The van der Waals surface area contributed by atoms with Crippen molar-refractivity contribution in [3.63, 3.8) is 0 Å². The third-order valence-electron chi connectivity index (χ3n) is 5.41. The lowest BCUT2D eigenvalue weighted by Crippen LogP contribution is -1.96. The second kappa shape index (κ2) is 21.0. The van der Waals surface area contributed by atoms with Gasteiger partial charge < -0.3 is 5.11 Å². The zero-order chi connectivity index (χ0) is 17.7. The molecule has 1 atom stereocenters. The van der Waals surface area contributed by atoms with Gasteiger partial charge in [0.2, 0.25) is 0 Å². The summed E-state index contributed by atoms with van der Waals surface area (Å²) in [4.78, 5) is 0. The van der Waals surface area contributed by atoms with Gasteiger partial charge in [-0.2, -0.15) is 0 Å². The summed E-state index contributed by atoms with van der Waals surface area (Å²) in [6.45, 7) is 4.99. The number of hydrogen-bond acceptors (Lipinski definition) is 1. The average Bonchev–Trinajstić information content (AvgIpc) is 2.59. The van der Waals surface area contributed by atoms with Crippen LogP contribution in [0.1, 0.15) is 136 Å². The lowest BCUT2D eigenvalue weighted by atomic mass is 9.97. The summed E-state index contributed by atoms with van der Waals surface area (Å²) in [5, 5.41) is 8.83. The molecule has 0 aliphatic carbocycles. The molecule has 1 unspecified atom stereocenters. The average molecular weight is 341 g/mol. The van der Waals surface area contributed by atoms with Gasteiger partial charge in [-0.25, -0.2) is 0 Å². The van der Waals surface area contributed by atoms with E-state index in [-0.39, 0.29) is 0 Å². The third-order valence-corrected chi connectivity index (χ3v) is 5.41. The van der Waals surface area contributed by atoms with E-state index in [1.54, 1.807) is 0 Å². The van der Waals surface area contributed by atoms with E-state index in [4.69, 9.17) is 5.11 Å². The summed E-state index contributed by atoms with van der Waals surface area (Å²) in [7, 11) is 0. The Kier molecular flexibility index (Phi) is 21.0. The van der Waals surface area contributed by atoms with Gasteiger partial charge in [-0.05, 0) is 18.8 Å². The molecule has 0 radical (unpaired) electrons. The Bertz CT molecular complexity index is 214. The molecule has 0 aromatic heterocycles. The van der Waals surface area contributed by atoms with E-state index < -0.39 is 0 Å². The molecule has 0 aromatic carbocycles. The molecule has 0 rings (SSSR count). The van der Waals surface area contributed by atoms with Gasteiger partial charge in [0.1, 0.15) is 0 Å². The minimum Gasteiger partial charge on any atom is -0.396 e. The maximum absolute atomic E-state index is 8.83. The van der Waals surface area contributed by atoms with Gasteiger partial charge in [0.05, 0.1) is 0 Å². The van der Waals surface area contributed by atoms with Gasteiger partial charge in [-0.1, -0.05) is 123 Å². The minimum absolute atomic E-state index is 0.364. The van der Waals surface area contributed by atoms with Crippen molar-refractivity contribution >= 4 is 0 Å². The Morgan fingerprint density at radius 3 is 1.21 bits per heavy atom. The normalized spacial score (nSPS) is 12.6. The molecule has 0 spiro atoms. The van der Waals surface area contributed by atoms with Gasteiger partial charge >= 0.3 is 0 Å². The van der Waals surface area contributed by atoms with E-state index in [9.17, 15) is 0 Å². The minimum atomic E-state index is 0.364. The fraction of sp³-hybridized carbons (Fsp3) is 1.00. The summed E-state index contributed by atoms with van der Waals surface area (Å²) in [6, 6.07) is 0. The summed E-state index contributed by atoms with van der Waals surface area (Å²) in [5.41, 5.74) is 0. The van der Waals surface area contributed by atoms with Crippen LogP contribution in [-0.2, 0) is 0 Å². The van der Waals surface area contributed by atoms with Crippen LogP contribution in [0.5, 0.6) is 0 Å². The standard InChI is InChI=1S/C23H48O/c1-3-4-5-6-7-8-9-10-11-12-13-14-15-16-17-18-20-23(2)21-19-22-24/h23-24H,3-22H2,1-2H3. The van der Waals surface area contributed by atoms with Crippen molar-refractivity contribution in [2.24, 2.45) is 5.92 Å². The number of hydrogen-bond donors (Lipinski definition) is 1. The molecule has 1 heteroatoms. The van der Waals surface area contributed by atoms with Crippen LogP contribution in [0.25, 0.3) is 0 Å². The molecule has 0 bridgehead atoms. The highest BCUT2D eigenvalue weighted by Crippen LogP contribution is 2.17. The summed E-state index contributed by atoms with van der Waals surface area (Å²) in [5.74, 6) is 0.809. The van der Waals surface area contributed by atoms with E-state index in [0.717, 1.165) is 12.3 Å². The smallest absolute Gasteiger partial charge is 0.0431 e. The molecule has 0 fully saturated rings. The second-order valence-corrected chi connectivity index (χ2v) is 8.06. The summed E-state index contributed by atoms with van der Waals surface area (Å²) < 4.78 is 0. The maximum Gasteiger partial charge on any atom is 0.0431 e. The Morgan fingerprint density at radius 2 is 0.833 bits per heavy atom. The first kappa shape index (κ1) is 24.0. The number of unbranched alkanes of at least 4 members (excludes halogenated alkanes) is 15. The molecule has 0 aliphatic rings. The van der Waals surface area contributed by atoms with Crippen LogP contribution in [0, 0.1) is 5.92 Å². The quantitative estimate of drug-likeness (QED) is 0.222. The van der Waals surface area contributed by atoms with Crippen LogP contribution in [0.3, 0.4) is 0 Å². The Balaban J connectivity index is 3.02. The Labute approximate surface area is 154 Å². The fourth-order valence-corrected chi connectivity index (χ4v) is 3.62. The van der Waals surface area contributed by atoms with E-state index in [1.165, 1.54) is 116 Å². The van der Waals surface area contributed by atoms with Crippen molar-refractivity contribution < 1.29 is 5.11 Å². The van der Waals surface area contributed by atoms with Crippen LogP contribution in [0.15, 0.2) is 0 Å². The molecule has 1 N–H and O–H groups in total. The van der Waals surface area contributed by atoms with Gasteiger partial charge in [0.15, 0.2) is 0 Å². The molecule has 0 saturated carbocycles. The van der Waals surface area contributed by atoms with Crippen molar-refractivity contribution in [3.05, 3.63) is 0 Å². The van der Waals surface area contributed by atoms with E-state index in [2.05, 4.69) is 13.8 Å². The highest BCUT2D eigenvalue weighted by molar-refractivity contribution is 4.55. The summed E-state index contributed by atoms with van der Waals surface area (Å²) in [6.07, 6.45) is 26.7. The van der Waals surface area contributed by atoms with Gasteiger partial charge in [-0.15, -0.1) is 0 Å². The number of aliphatic hydroxyl groups excluding tert-OH is 1. The topological polar surface area (TPSA) is 20.2 Å². The van der Waals surface area contributed by atoms with Crippen LogP contribution in [0.4, 0.5) is 0 Å². The molecule has 0 saturated heterocycles. The Morgan fingerprint density at radius 1 is 0.500 bits per heavy atom. The van der Waals surface area contributed by atoms with Crippen LogP contribution >= 0.6 is 0 Å². The first-order valence-corrected chi connectivity index (χ1v) is 11.4. The maximum atomic E-state index is 8.83. The predicted octanol–water partition coefficient (Wildman–Crippen LogP) is 8.05. The first-order chi connectivity index (χ1) is 11.8. The zero-order valence-electron chi connectivity index (χ0n) is 17.2. The van der Waals surface area contributed by atoms with Crippen molar-refractivity contribution in [2.45, 2.75) is 136 Å². The largest absolute Gasteiger partial charge is 0.396 e. The van der Waals surface area contributed by atoms with Gasteiger partial charge in [0, 0.05) is 6.61 Å². The molecule has 0 aliphatic heterocycles. The van der Waals surface area contributed by atoms with E-state index >= 15 is 0 Å². The molecule has 146 valence electrons. The highest BCUT2D eigenvalue weighted by Gasteiger charge is 2.01. The number of rotatable bonds is 20. The molecule has 1 nitrogen and oxygen atoms in total. The molecular weight excluding hydrogens is 292 g/mol. The van der Waals surface area contributed by atoms with Crippen molar-refractivity contribution in [3.8, 4) is 0 Å². The molecular formula is C23H48O. The third kappa shape index (κ3) is 20.0. The molecule has 0 aromatic rings. The SMILES string of the molecule is CCCCCCCCCCCCCCCCCCC(C)CCCO. The second-order valence-electron chi connectivity index (χ2n) is 8.06. The van der Waals surface area contributed by atoms with Crippen molar-refractivity contribution in [2.75, 3.05) is 6.61 Å². The van der Waals surface area contributed by atoms with Crippen LogP contribution in [0.2, 0.25) is 0 Å². The van der Waals surface area contributed by atoms with Crippen molar-refractivity contribution in [1.82, 2.24) is 0 Å². The van der Waals surface area contributed by atoms with Gasteiger partial charge in [-0.3, -0.25) is 0 Å². The number of aliphatic hydroxyl groups is 1. The highest BCUT2D eigenvalue weighted by atomic mass is 16.2. The monoisotopic (exact) mass is 340 g/mol. The van der Waals surface area contributed by atoms with E-state index in [0.29, 0.717) is 6.61 Å². The molecule has 0 heterocycles. The molecule has 24 heavy (non-hydrogen) atoms. The van der Waals surface area contributed by atoms with Crippen LogP contribution < -0.4 is 0 Å². The fourth-order valence-electron chi connectivity index (χ4n) is 3.62. The lowest BCUT2D eigenvalue weighted by molar-refractivity contribution is 0.270. The first-order valence-electron chi connectivity index (χ1n) is 11.4. The zero-order valence-corrected chi connectivity index (χ0v) is 17.2. The van der Waals surface area contributed by atoms with Crippen LogP contribution in [-0.4, -0.2) is 11.7 Å². The molecule has 0 amide bonds. The Hall–Kier alpha value is -0.0400. The van der Waals surface area contributed by atoms with Crippen molar-refractivity contribution in [1.29, 1.82) is 0 Å². The van der Waals surface area contributed by atoms with E-state index in [1.807, 2.05) is 0 Å².